The van der Waals surface area contributed by atoms with Gasteiger partial charge in [0.15, 0.2) is 5.71 Å². The summed E-state index contributed by atoms with van der Waals surface area (Å²) in [6.07, 6.45) is 4.72. The SMILES string of the molecule is C1CCOC1.CC(/C=C(/C)[N-]c1c(C(C)C)cccc1C(C)C)=[NH+]c1c(C(C)C)cccc1C(C)C.[BH3-]NC(C)(C)C.[Ca+2]. The van der Waals surface area contributed by atoms with Crippen molar-refractivity contribution in [2.75, 3.05) is 13.2 Å². The van der Waals surface area contributed by atoms with E-state index in [0.29, 0.717) is 37.2 Å². The van der Waals surface area contributed by atoms with Crippen LogP contribution in [0, 0.1) is 0 Å². The van der Waals surface area contributed by atoms with Gasteiger partial charge in [0.25, 0.3) is 0 Å². The Morgan fingerprint density at radius 3 is 1.47 bits per heavy atom. The molecule has 0 aliphatic carbocycles. The Morgan fingerprint density at radius 1 is 0.791 bits per heavy atom. The van der Waals surface area contributed by atoms with Gasteiger partial charge in [-0.25, -0.2) is 4.99 Å². The second-order valence-corrected chi connectivity index (χ2v) is 13.5. The largest absolute Gasteiger partial charge is 2.00 e. The van der Waals surface area contributed by atoms with Crippen molar-refractivity contribution in [3.8, 4) is 0 Å². The van der Waals surface area contributed by atoms with Crippen molar-refractivity contribution in [3.05, 3.63) is 75.7 Å². The summed E-state index contributed by atoms with van der Waals surface area (Å²) in [5.74, 6) is 1.82. The third-order valence-corrected chi connectivity index (χ3v) is 6.58. The molecule has 0 spiro atoms. The minimum Gasteiger partial charge on any atom is -0.661 e. The minimum atomic E-state index is 0. The molecule has 0 amide bonds. The first kappa shape index (κ1) is 41.9. The number of hydrogen-bond acceptors (Lipinski definition) is 2. The summed E-state index contributed by atoms with van der Waals surface area (Å²) in [5.41, 5.74) is 10.3. The van der Waals surface area contributed by atoms with E-state index in [2.05, 4.69) is 143 Å². The molecule has 1 aliphatic heterocycles. The number of benzene rings is 2. The molecule has 1 saturated heterocycles. The first-order chi connectivity index (χ1) is 19.6. The molecule has 4 nitrogen and oxygen atoms in total. The third-order valence-electron chi connectivity index (χ3n) is 6.58. The molecule has 1 aliphatic rings. The Morgan fingerprint density at radius 2 is 1.16 bits per heavy atom. The summed E-state index contributed by atoms with van der Waals surface area (Å²) in [7, 11) is 0.410. The van der Waals surface area contributed by atoms with Gasteiger partial charge in [0, 0.05) is 39.2 Å². The van der Waals surface area contributed by atoms with Crippen LogP contribution in [0.3, 0.4) is 0 Å². The molecule has 0 bridgehead atoms. The zero-order valence-electron chi connectivity index (χ0n) is 29.2. The summed E-state index contributed by atoms with van der Waals surface area (Å²) in [4.78, 5) is 3.71. The number of rotatable bonds is 8. The van der Waals surface area contributed by atoms with E-state index >= 15 is 0 Å². The topological polar surface area (TPSA) is 49.3 Å². The predicted octanol–water partition coefficient (Wildman–Crippen LogP) is 8.03. The van der Waals surface area contributed by atoms with E-state index in [1.165, 1.54) is 40.8 Å². The number of hydrogen-bond donors (Lipinski definition) is 2. The van der Waals surface area contributed by atoms with Gasteiger partial charge in [-0.15, -0.1) is 5.69 Å². The molecule has 0 atom stereocenters. The molecule has 2 N–H and O–H groups in total. The van der Waals surface area contributed by atoms with E-state index in [1.807, 2.05) is 0 Å². The molecular formula is C37H63BCaN3O+. The summed E-state index contributed by atoms with van der Waals surface area (Å²) >= 11 is 0. The molecule has 236 valence electrons. The number of nitrogens with zero attached hydrogens (tertiary/aromatic N) is 1. The van der Waals surface area contributed by atoms with Gasteiger partial charge in [-0.3, -0.25) is 0 Å². The van der Waals surface area contributed by atoms with E-state index in [4.69, 9.17) is 10.1 Å². The molecule has 0 unspecified atom stereocenters. The smallest absolute Gasteiger partial charge is 0.661 e. The van der Waals surface area contributed by atoms with Crippen molar-refractivity contribution in [1.29, 1.82) is 0 Å². The Bertz CT molecular complexity index is 1080. The van der Waals surface area contributed by atoms with Crippen LogP contribution >= 0.6 is 0 Å². The third kappa shape index (κ3) is 15.6. The normalized spacial score (nSPS) is 13.9. The summed E-state index contributed by atoms with van der Waals surface area (Å²) in [6.45, 7) is 30.8. The summed E-state index contributed by atoms with van der Waals surface area (Å²) in [6, 6.07) is 13.2. The fraction of sp³-hybridized carbons (Fsp3) is 0.595. The van der Waals surface area contributed by atoms with Crippen LogP contribution in [0.2, 0.25) is 0 Å². The van der Waals surface area contributed by atoms with Crippen molar-refractivity contribution < 1.29 is 9.73 Å². The molecule has 3 rings (SSSR count). The molecule has 2 aromatic carbocycles. The fourth-order valence-electron chi connectivity index (χ4n) is 4.60. The standard InChI is InChI=1S/C29H41N2.C4H13BN.C4H8O.Ca/c1-18(2)24-13-11-14-25(19(3)4)28(24)30-22(9)17-23(10)31-29-26(20(5)6)15-12-16-27(29)21(7)8;1-4(2,3)6-5;1-2-4-5-3-1;/h11-21H,1-10H3;6H,1-3,5H3;1-4H2;/q2*-1;;+2/p+1/b22-17-,31-23?;;;. The minimum absolute atomic E-state index is 0. The van der Waals surface area contributed by atoms with Crippen LogP contribution in [0.25, 0.3) is 5.32 Å². The van der Waals surface area contributed by atoms with Gasteiger partial charge in [-0.1, -0.05) is 131 Å². The molecule has 6 heteroatoms. The molecule has 1 fully saturated rings. The van der Waals surface area contributed by atoms with Crippen LogP contribution in [0.4, 0.5) is 11.4 Å². The van der Waals surface area contributed by atoms with Crippen LogP contribution < -0.4 is 10.2 Å². The van der Waals surface area contributed by atoms with E-state index in [1.54, 1.807) is 0 Å². The number of para-hydroxylation sites is 2. The molecular weight excluding hydrogens is 553 g/mol. The predicted molar refractivity (Wildman–Crippen MR) is 196 cm³/mol. The van der Waals surface area contributed by atoms with E-state index in [0.717, 1.165) is 30.3 Å². The second-order valence-electron chi connectivity index (χ2n) is 13.5. The molecule has 0 aromatic heterocycles. The van der Waals surface area contributed by atoms with E-state index < -0.39 is 0 Å². The number of nitrogens with one attached hydrogen (secondary N) is 2. The van der Waals surface area contributed by atoms with Gasteiger partial charge in [0.05, 0.1) is 0 Å². The molecule has 1 heterocycles. The Labute approximate surface area is 296 Å². The average molecular weight is 617 g/mol. The molecule has 2 aromatic rings. The summed E-state index contributed by atoms with van der Waals surface area (Å²) < 4.78 is 4.94. The van der Waals surface area contributed by atoms with Gasteiger partial charge < -0.3 is 15.3 Å². The van der Waals surface area contributed by atoms with Crippen LogP contribution in [0.1, 0.15) is 149 Å². The Balaban J connectivity index is 0.00000123. The van der Waals surface area contributed by atoms with Gasteiger partial charge in [0.2, 0.25) is 5.69 Å². The van der Waals surface area contributed by atoms with Crippen molar-refractivity contribution in [1.82, 2.24) is 5.23 Å². The zero-order valence-corrected chi connectivity index (χ0v) is 31.5. The van der Waals surface area contributed by atoms with Crippen LogP contribution in [-0.4, -0.2) is 70.2 Å². The first-order valence-electron chi connectivity index (χ1n) is 15.6. The maximum Gasteiger partial charge on any atom is 2.00 e. The van der Waals surface area contributed by atoms with Crippen molar-refractivity contribution in [2.24, 2.45) is 0 Å². The van der Waals surface area contributed by atoms with Gasteiger partial charge in [-0.2, -0.15) is 5.70 Å². The van der Waals surface area contributed by atoms with Crippen molar-refractivity contribution in [3.63, 3.8) is 0 Å². The maximum absolute atomic E-state index is 5.10. The Kier molecular flexibility index (Phi) is 20.3. The van der Waals surface area contributed by atoms with E-state index in [9.17, 15) is 0 Å². The molecule has 0 saturated carbocycles. The van der Waals surface area contributed by atoms with Crippen molar-refractivity contribution in [2.45, 2.75) is 132 Å². The molecule has 43 heavy (non-hydrogen) atoms. The maximum atomic E-state index is 5.10. The first-order valence-corrected chi connectivity index (χ1v) is 15.6. The molecule has 0 radical (unpaired) electrons. The quantitative estimate of drug-likeness (QED) is 0.233. The second kappa shape index (κ2) is 20.8. The summed E-state index contributed by atoms with van der Waals surface area (Å²) in [5, 5.41) is 8.45. The van der Waals surface area contributed by atoms with Gasteiger partial charge >= 0.3 is 37.7 Å². The number of ether oxygens (including phenoxy) is 1. The monoisotopic (exact) mass is 616 g/mol. The Hall–Kier alpha value is -1.11. The van der Waals surface area contributed by atoms with Crippen LogP contribution in [0.5, 0.6) is 0 Å². The number of allylic oxidation sites excluding steroid dienone is 2. The average Bonchev–Trinajstić information content (AvgIpc) is 3.48. The van der Waals surface area contributed by atoms with Crippen LogP contribution in [-0.2, 0) is 4.74 Å². The van der Waals surface area contributed by atoms with Gasteiger partial charge in [-0.05, 0) is 48.1 Å². The van der Waals surface area contributed by atoms with Crippen molar-refractivity contribution >= 4 is 62.8 Å². The van der Waals surface area contributed by atoms with Crippen LogP contribution in [0.15, 0.2) is 48.2 Å². The van der Waals surface area contributed by atoms with Gasteiger partial charge in [0.1, 0.15) is 0 Å². The fourth-order valence-corrected chi connectivity index (χ4v) is 4.60. The van der Waals surface area contributed by atoms with E-state index in [-0.39, 0.29) is 37.7 Å². The zero-order chi connectivity index (χ0) is 32.0.